The third kappa shape index (κ3) is 5.57. The van der Waals surface area contributed by atoms with Gasteiger partial charge >= 0.3 is 7.60 Å². The molecule has 1 rings (SSSR count). The van der Waals surface area contributed by atoms with Crippen molar-refractivity contribution in [3.05, 3.63) is 47.2 Å². The molecule has 2 radical (unpaired) electrons. The van der Waals surface area contributed by atoms with Crippen molar-refractivity contribution in [2.75, 3.05) is 28.4 Å². The Morgan fingerprint density at radius 3 is 2.17 bits per heavy atom. The molecule has 0 heterocycles. The van der Waals surface area contributed by atoms with E-state index in [0.29, 0.717) is 0 Å². The zero-order valence-electron chi connectivity index (χ0n) is 13.7. The summed E-state index contributed by atoms with van der Waals surface area (Å²) in [5, 5.41) is 0. The summed E-state index contributed by atoms with van der Waals surface area (Å²) >= 11 is 0. The molecule has 0 aliphatic heterocycles. The molecule has 0 saturated carbocycles. The quantitative estimate of drug-likeness (QED) is 0.549. The van der Waals surface area contributed by atoms with Gasteiger partial charge in [0.1, 0.15) is 20.1 Å². The van der Waals surface area contributed by atoms with Crippen molar-refractivity contribution in [2.45, 2.75) is 18.3 Å². The molecule has 0 fully saturated rings. The van der Waals surface area contributed by atoms with Crippen LogP contribution in [0.4, 0.5) is 0 Å². The molecule has 1 N–H and O–H groups in total. The average Bonchev–Trinajstić information content (AvgIpc) is 2.55. The fraction of sp³-hybridized carbons (Fsp3) is 0.467. The first kappa shape index (κ1) is 20.1. The van der Waals surface area contributed by atoms with E-state index in [1.165, 1.54) is 14.2 Å². The molecule has 0 aliphatic rings. The van der Waals surface area contributed by atoms with Crippen LogP contribution in [-0.4, -0.2) is 53.4 Å². The van der Waals surface area contributed by atoms with E-state index in [1.54, 1.807) is 7.11 Å². The first-order valence-corrected chi connectivity index (χ1v) is 8.54. The standard InChI is InChI=1S/C15H22BO6P/c1-19-13(11-8-6-5-7-9-11)15(21-3)14(20-2)12(16)10-23(17,18)22-4/h5-10,13-15H,1-4H3,(H,17,18)/b12-10-/t13-,14+,15-/m0/s1. The Morgan fingerprint density at radius 1 is 1.13 bits per heavy atom. The van der Waals surface area contributed by atoms with Gasteiger partial charge in [-0.05, 0) is 5.56 Å². The van der Waals surface area contributed by atoms with E-state index in [9.17, 15) is 9.46 Å². The third-order valence-corrected chi connectivity index (χ3v) is 4.55. The van der Waals surface area contributed by atoms with E-state index >= 15 is 0 Å². The van der Waals surface area contributed by atoms with Crippen LogP contribution in [0.2, 0.25) is 0 Å². The van der Waals surface area contributed by atoms with E-state index in [0.717, 1.165) is 18.5 Å². The Labute approximate surface area is 138 Å². The summed E-state index contributed by atoms with van der Waals surface area (Å²) in [6.07, 6.45) is -1.89. The molecular weight excluding hydrogens is 318 g/mol. The summed E-state index contributed by atoms with van der Waals surface area (Å²) in [5.41, 5.74) is 0.903. The summed E-state index contributed by atoms with van der Waals surface area (Å²) in [6, 6.07) is 9.42. The molecule has 0 saturated heterocycles. The predicted octanol–water partition coefficient (Wildman–Crippen LogP) is 2.25. The molecule has 1 aromatic rings. The van der Waals surface area contributed by atoms with Crippen molar-refractivity contribution < 1.29 is 28.2 Å². The number of benzene rings is 1. The van der Waals surface area contributed by atoms with Crippen LogP contribution in [0.25, 0.3) is 0 Å². The predicted molar refractivity (Wildman–Crippen MR) is 88.5 cm³/mol. The van der Waals surface area contributed by atoms with Crippen LogP contribution in [0.5, 0.6) is 0 Å². The van der Waals surface area contributed by atoms with Crippen molar-refractivity contribution in [1.29, 1.82) is 0 Å². The van der Waals surface area contributed by atoms with E-state index in [4.69, 9.17) is 22.1 Å². The van der Waals surface area contributed by atoms with Gasteiger partial charge < -0.3 is 23.6 Å². The SMILES string of the molecule is [B]/C(=C\P(=O)(O)OC)[C@@H](OC)[C@@H](OC)[C@@H](OC)c1ccccc1. The summed E-state index contributed by atoms with van der Waals surface area (Å²) in [5.74, 6) is 0.949. The van der Waals surface area contributed by atoms with Crippen LogP contribution < -0.4 is 0 Å². The lowest BCUT2D eigenvalue weighted by Gasteiger charge is -2.32. The Bertz CT molecular complexity index is 550. The fourth-order valence-corrected chi connectivity index (χ4v) is 2.91. The molecule has 0 bridgehead atoms. The highest BCUT2D eigenvalue weighted by Gasteiger charge is 2.33. The highest BCUT2D eigenvalue weighted by Crippen LogP contribution is 2.44. The lowest BCUT2D eigenvalue weighted by molar-refractivity contribution is -0.0948. The van der Waals surface area contributed by atoms with E-state index in [2.05, 4.69) is 4.52 Å². The summed E-state index contributed by atoms with van der Waals surface area (Å²) in [4.78, 5) is 9.55. The molecule has 1 unspecified atom stereocenters. The molecule has 126 valence electrons. The van der Waals surface area contributed by atoms with Crippen molar-refractivity contribution in [3.8, 4) is 0 Å². The van der Waals surface area contributed by atoms with Gasteiger partial charge in [0.25, 0.3) is 0 Å². The molecular formula is C15H22BO6P. The van der Waals surface area contributed by atoms with Gasteiger partial charge in [0.15, 0.2) is 0 Å². The van der Waals surface area contributed by atoms with Crippen LogP contribution in [0.15, 0.2) is 41.6 Å². The second-order valence-electron chi connectivity index (χ2n) is 4.80. The van der Waals surface area contributed by atoms with Crippen molar-refractivity contribution >= 4 is 15.4 Å². The Kier molecular flexibility index (Phi) is 8.19. The summed E-state index contributed by atoms with van der Waals surface area (Å²) < 4.78 is 32.6. The van der Waals surface area contributed by atoms with Gasteiger partial charge in [0, 0.05) is 34.3 Å². The largest absolute Gasteiger partial charge is 0.375 e. The summed E-state index contributed by atoms with van der Waals surface area (Å²) in [7, 11) is 7.60. The number of hydrogen-bond acceptors (Lipinski definition) is 5. The minimum absolute atomic E-state index is 0.0324. The van der Waals surface area contributed by atoms with Crippen molar-refractivity contribution in [3.63, 3.8) is 0 Å². The zero-order chi connectivity index (χ0) is 17.5. The smallest absolute Gasteiger partial charge is 0.350 e. The molecule has 0 aliphatic carbocycles. The van der Waals surface area contributed by atoms with Crippen LogP contribution in [0, 0.1) is 0 Å². The average molecular weight is 340 g/mol. The maximum Gasteiger partial charge on any atom is 0.350 e. The number of methoxy groups -OCH3 is 3. The van der Waals surface area contributed by atoms with E-state index in [-0.39, 0.29) is 5.47 Å². The molecule has 1 aromatic carbocycles. The fourth-order valence-electron chi connectivity index (χ4n) is 2.28. The Hall–Kier alpha value is -0.945. The first-order chi connectivity index (χ1) is 10.9. The molecule has 0 amide bonds. The number of rotatable bonds is 9. The molecule has 6 nitrogen and oxygen atoms in total. The Morgan fingerprint density at radius 2 is 1.74 bits per heavy atom. The normalized spacial score (nSPS) is 18.9. The highest BCUT2D eigenvalue weighted by atomic mass is 31.2. The second kappa shape index (κ2) is 9.37. The third-order valence-electron chi connectivity index (χ3n) is 3.41. The number of hydrogen-bond donors (Lipinski definition) is 1. The first-order valence-electron chi connectivity index (χ1n) is 6.90. The Balaban J connectivity index is 3.15. The van der Waals surface area contributed by atoms with Crippen LogP contribution in [0.3, 0.4) is 0 Å². The summed E-state index contributed by atoms with van der Waals surface area (Å²) in [6.45, 7) is 0. The minimum atomic E-state index is -3.92. The molecule has 0 spiro atoms. The highest BCUT2D eigenvalue weighted by molar-refractivity contribution is 7.56. The van der Waals surface area contributed by atoms with Crippen LogP contribution in [0.1, 0.15) is 11.7 Å². The van der Waals surface area contributed by atoms with Gasteiger partial charge in [0.05, 0.1) is 6.10 Å². The van der Waals surface area contributed by atoms with Gasteiger partial charge in [-0.2, -0.15) is 0 Å². The molecule has 4 atom stereocenters. The molecule has 0 aromatic heterocycles. The van der Waals surface area contributed by atoms with Gasteiger partial charge in [-0.25, -0.2) is 0 Å². The lowest BCUT2D eigenvalue weighted by atomic mass is 9.85. The van der Waals surface area contributed by atoms with Gasteiger partial charge in [-0.15, -0.1) is 0 Å². The maximum absolute atomic E-state index is 11.7. The van der Waals surface area contributed by atoms with Crippen molar-refractivity contribution in [2.24, 2.45) is 0 Å². The van der Waals surface area contributed by atoms with E-state index in [1.807, 2.05) is 30.3 Å². The van der Waals surface area contributed by atoms with Gasteiger partial charge in [-0.3, -0.25) is 4.57 Å². The topological polar surface area (TPSA) is 74.2 Å². The van der Waals surface area contributed by atoms with Crippen molar-refractivity contribution in [1.82, 2.24) is 0 Å². The molecule has 8 heteroatoms. The maximum atomic E-state index is 11.7. The minimum Gasteiger partial charge on any atom is -0.375 e. The lowest BCUT2D eigenvalue weighted by Crippen LogP contribution is -2.38. The second-order valence-corrected chi connectivity index (χ2v) is 6.55. The van der Waals surface area contributed by atoms with Crippen LogP contribution in [-0.2, 0) is 23.3 Å². The zero-order valence-corrected chi connectivity index (χ0v) is 14.6. The van der Waals surface area contributed by atoms with E-state index < -0.39 is 25.9 Å². The van der Waals surface area contributed by atoms with Crippen LogP contribution >= 0.6 is 7.60 Å². The number of ether oxygens (including phenoxy) is 3. The molecule has 23 heavy (non-hydrogen) atoms. The monoisotopic (exact) mass is 340 g/mol. The van der Waals surface area contributed by atoms with Gasteiger partial charge in [0.2, 0.25) is 0 Å². The van der Waals surface area contributed by atoms with Gasteiger partial charge in [-0.1, -0.05) is 35.8 Å².